The molecular formula is C11H22N2O. The van der Waals surface area contributed by atoms with Gasteiger partial charge in [-0.2, -0.15) is 0 Å². The molecule has 82 valence electrons. The molecule has 1 aliphatic carbocycles. The summed E-state index contributed by atoms with van der Waals surface area (Å²) in [5.74, 6) is 0.695. The first-order chi connectivity index (χ1) is 6.85. The Morgan fingerprint density at radius 2 is 2.14 bits per heavy atom. The van der Waals surface area contributed by atoms with Crippen molar-refractivity contribution in [1.82, 2.24) is 10.2 Å². The molecule has 0 aromatic heterocycles. The zero-order chi connectivity index (χ0) is 9.97. The first-order valence-corrected chi connectivity index (χ1v) is 5.84. The molecule has 0 aromatic rings. The standard InChI is InChI=1S/C11H22N2O/c1-3-13(10-4-5-10)6-9-7-14-8-11(9)12-2/h9-12H,3-8H2,1-2H3. The fourth-order valence-electron chi connectivity index (χ4n) is 2.37. The van der Waals surface area contributed by atoms with E-state index in [1.807, 2.05) is 7.05 Å². The van der Waals surface area contributed by atoms with Gasteiger partial charge in [-0.25, -0.2) is 0 Å². The monoisotopic (exact) mass is 198 g/mol. The van der Waals surface area contributed by atoms with E-state index < -0.39 is 0 Å². The third-order valence-corrected chi connectivity index (χ3v) is 3.51. The summed E-state index contributed by atoms with van der Waals surface area (Å²) in [5, 5.41) is 3.35. The van der Waals surface area contributed by atoms with Gasteiger partial charge in [0, 0.05) is 24.5 Å². The Bertz CT molecular complexity index is 182. The van der Waals surface area contributed by atoms with E-state index in [2.05, 4.69) is 17.1 Å². The number of hydrogen-bond acceptors (Lipinski definition) is 3. The lowest BCUT2D eigenvalue weighted by molar-refractivity contribution is 0.166. The molecule has 0 bridgehead atoms. The SMILES string of the molecule is CCN(CC1COCC1NC)C1CC1. The van der Waals surface area contributed by atoms with Crippen LogP contribution in [0.4, 0.5) is 0 Å². The lowest BCUT2D eigenvalue weighted by atomic mass is 10.0. The minimum Gasteiger partial charge on any atom is -0.379 e. The van der Waals surface area contributed by atoms with Crippen LogP contribution in [0.3, 0.4) is 0 Å². The molecule has 0 spiro atoms. The van der Waals surface area contributed by atoms with Gasteiger partial charge in [0.25, 0.3) is 0 Å². The van der Waals surface area contributed by atoms with E-state index in [9.17, 15) is 0 Å². The Morgan fingerprint density at radius 3 is 2.71 bits per heavy atom. The normalized spacial score (nSPS) is 32.8. The molecule has 0 amide bonds. The van der Waals surface area contributed by atoms with E-state index in [-0.39, 0.29) is 0 Å². The second-order valence-corrected chi connectivity index (χ2v) is 4.51. The number of nitrogens with zero attached hydrogens (tertiary/aromatic N) is 1. The van der Waals surface area contributed by atoms with Gasteiger partial charge in [0.2, 0.25) is 0 Å². The molecule has 0 aromatic carbocycles. The average molecular weight is 198 g/mol. The van der Waals surface area contributed by atoms with E-state index in [0.29, 0.717) is 12.0 Å². The van der Waals surface area contributed by atoms with Gasteiger partial charge in [0.1, 0.15) is 0 Å². The van der Waals surface area contributed by atoms with Crippen LogP contribution in [0.1, 0.15) is 19.8 Å². The molecule has 14 heavy (non-hydrogen) atoms. The lowest BCUT2D eigenvalue weighted by Gasteiger charge is -2.26. The zero-order valence-electron chi connectivity index (χ0n) is 9.33. The maximum atomic E-state index is 5.52. The Balaban J connectivity index is 1.81. The van der Waals surface area contributed by atoms with E-state index in [1.54, 1.807) is 0 Å². The quantitative estimate of drug-likeness (QED) is 0.704. The average Bonchev–Trinajstić information content (AvgIpc) is 2.95. The second-order valence-electron chi connectivity index (χ2n) is 4.51. The molecule has 2 unspecified atom stereocenters. The third kappa shape index (κ3) is 2.27. The summed E-state index contributed by atoms with van der Waals surface area (Å²) in [6.45, 7) is 6.50. The maximum Gasteiger partial charge on any atom is 0.0623 e. The Hall–Kier alpha value is -0.120. The van der Waals surface area contributed by atoms with Crippen molar-refractivity contribution in [3.63, 3.8) is 0 Å². The van der Waals surface area contributed by atoms with Crippen LogP contribution in [0.15, 0.2) is 0 Å². The van der Waals surface area contributed by atoms with Crippen LogP contribution >= 0.6 is 0 Å². The van der Waals surface area contributed by atoms with Gasteiger partial charge < -0.3 is 15.0 Å². The first kappa shape index (κ1) is 10.4. The summed E-state index contributed by atoms with van der Waals surface area (Å²) in [6.07, 6.45) is 2.82. The second kappa shape index (κ2) is 4.60. The van der Waals surface area contributed by atoms with E-state index in [4.69, 9.17) is 4.74 Å². The molecule has 1 aliphatic heterocycles. The predicted molar refractivity (Wildman–Crippen MR) is 57.4 cm³/mol. The van der Waals surface area contributed by atoms with Gasteiger partial charge in [-0.05, 0) is 26.4 Å². The van der Waals surface area contributed by atoms with Crippen LogP contribution in [0.5, 0.6) is 0 Å². The van der Waals surface area contributed by atoms with Crippen LogP contribution in [-0.2, 0) is 4.74 Å². The first-order valence-electron chi connectivity index (χ1n) is 5.84. The van der Waals surface area contributed by atoms with Crippen LogP contribution in [0, 0.1) is 5.92 Å². The van der Waals surface area contributed by atoms with E-state index >= 15 is 0 Å². The maximum absolute atomic E-state index is 5.52. The lowest BCUT2D eigenvalue weighted by Crippen LogP contribution is -2.41. The van der Waals surface area contributed by atoms with Crippen LogP contribution < -0.4 is 5.32 Å². The number of rotatable bonds is 5. The minimum absolute atomic E-state index is 0.572. The summed E-state index contributed by atoms with van der Waals surface area (Å²) >= 11 is 0. The molecule has 1 saturated heterocycles. The molecule has 3 heteroatoms. The number of hydrogen-bond donors (Lipinski definition) is 1. The fraction of sp³-hybridized carbons (Fsp3) is 1.00. The van der Waals surface area contributed by atoms with Crippen LogP contribution in [0.2, 0.25) is 0 Å². The summed E-state index contributed by atoms with van der Waals surface area (Å²) in [5.41, 5.74) is 0. The molecule has 0 radical (unpaired) electrons. The van der Waals surface area contributed by atoms with Crippen molar-refractivity contribution >= 4 is 0 Å². The zero-order valence-corrected chi connectivity index (χ0v) is 9.33. The Morgan fingerprint density at radius 1 is 1.36 bits per heavy atom. The highest BCUT2D eigenvalue weighted by atomic mass is 16.5. The van der Waals surface area contributed by atoms with E-state index in [1.165, 1.54) is 25.9 Å². The number of ether oxygens (including phenoxy) is 1. The minimum atomic E-state index is 0.572. The summed E-state index contributed by atoms with van der Waals surface area (Å²) in [4.78, 5) is 2.61. The van der Waals surface area contributed by atoms with Crippen molar-refractivity contribution in [3.8, 4) is 0 Å². The molecule has 3 nitrogen and oxygen atoms in total. The summed E-state index contributed by atoms with van der Waals surface area (Å²) < 4.78 is 5.52. The van der Waals surface area contributed by atoms with Crippen molar-refractivity contribution in [2.24, 2.45) is 5.92 Å². The van der Waals surface area contributed by atoms with Gasteiger partial charge >= 0.3 is 0 Å². The molecule has 2 aliphatic rings. The third-order valence-electron chi connectivity index (χ3n) is 3.51. The largest absolute Gasteiger partial charge is 0.379 e. The number of likely N-dealkylation sites (N-methyl/N-ethyl adjacent to an activating group) is 1. The summed E-state index contributed by atoms with van der Waals surface area (Å²) in [6, 6.07) is 1.46. The van der Waals surface area contributed by atoms with Crippen LogP contribution in [0.25, 0.3) is 0 Å². The molecule has 2 fully saturated rings. The van der Waals surface area contributed by atoms with Crippen molar-refractivity contribution in [2.45, 2.75) is 31.8 Å². The summed E-state index contributed by atoms with van der Waals surface area (Å²) in [7, 11) is 2.04. The van der Waals surface area contributed by atoms with Gasteiger partial charge in [0.15, 0.2) is 0 Å². The van der Waals surface area contributed by atoms with Gasteiger partial charge in [-0.3, -0.25) is 0 Å². The smallest absolute Gasteiger partial charge is 0.0623 e. The Labute approximate surface area is 86.8 Å². The molecule has 2 atom stereocenters. The molecule has 1 N–H and O–H groups in total. The highest BCUT2D eigenvalue weighted by Crippen LogP contribution is 2.28. The Kier molecular flexibility index (Phi) is 3.42. The molecule has 2 rings (SSSR count). The van der Waals surface area contributed by atoms with E-state index in [0.717, 1.165) is 19.3 Å². The molecule has 1 saturated carbocycles. The highest BCUT2D eigenvalue weighted by molar-refractivity contribution is 4.89. The highest BCUT2D eigenvalue weighted by Gasteiger charge is 2.33. The van der Waals surface area contributed by atoms with Crippen molar-refractivity contribution in [3.05, 3.63) is 0 Å². The van der Waals surface area contributed by atoms with Gasteiger partial charge in [-0.15, -0.1) is 0 Å². The van der Waals surface area contributed by atoms with Crippen molar-refractivity contribution < 1.29 is 4.74 Å². The molecule has 1 heterocycles. The fourth-order valence-corrected chi connectivity index (χ4v) is 2.37. The topological polar surface area (TPSA) is 24.5 Å². The molecular weight excluding hydrogens is 176 g/mol. The number of nitrogens with one attached hydrogen (secondary N) is 1. The van der Waals surface area contributed by atoms with Crippen molar-refractivity contribution in [1.29, 1.82) is 0 Å². The van der Waals surface area contributed by atoms with Crippen molar-refractivity contribution in [2.75, 3.05) is 33.4 Å². The van der Waals surface area contributed by atoms with Gasteiger partial charge in [-0.1, -0.05) is 6.92 Å². The van der Waals surface area contributed by atoms with Crippen LogP contribution in [-0.4, -0.2) is 50.3 Å². The van der Waals surface area contributed by atoms with Gasteiger partial charge in [0.05, 0.1) is 13.2 Å². The predicted octanol–water partition coefficient (Wildman–Crippen LogP) is 0.705.